The average Bonchev–Trinajstić information content (AvgIpc) is 2.63. The highest BCUT2D eigenvalue weighted by atomic mass is 16.4. The summed E-state index contributed by atoms with van der Waals surface area (Å²) in [7, 11) is 0. The van der Waals surface area contributed by atoms with E-state index in [1.54, 1.807) is 12.1 Å². The van der Waals surface area contributed by atoms with Gasteiger partial charge in [-0.15, -0.1) is 0 Å². The Kier molecular flexibility index (Phi) is 3.25. The van der Waals surface area contributed by atoms with E-state index in [9.17, 15) is 14.4 Å². The number of imide groups is 1. The smallest absolute Gasteiger partial charge is 0.322 e. The lowest BCUT2D eigenvalue weighted by Gasteiger charge is -2.26. The van der Waals surface area contributed by atoms with Crippen LogP contribution < -0.4 is 10.6 Å². The molecule has 0 saturated carbocycles. The van der Waals surface area contributed by atoms with Crippen LogP contribution in [0.1, 0.15) is 24.0 Å². The second kappa shape index (κ2) is 4.72. The molecule has 1 aromatic rings. The molecule has 2 rings (SSSR count). The van der Waals surface area contributed by atoms with Crippen LogP contribution in [-0.4, -0.2) is 23.0 Å². The van der Waals surface area contributed by atoms with E-state index in [0.29, 0.717) is 5.56 Å². The zero-order chi connectivity index (χ0) is 14.0. The molecule has 3 amide bonds. The summed E-state index contributed by atoms with van der Waals surface area (Å²) in [5, 5.41) is 13.5. The Balaban J connectivity index is 2.39. The highest BCUT2D eigenvalue weighted by molar-refractivity contribution is 6.07. The van der Waals surface area contributed by atoms with Gasteiger partial charge in [0.05, 0.1) is 0 Å². The van der Waals surface area contributed by atoms with Gasteiger partial charge in [-0.1, -0.05) is 29.8 Å². The van der Waals surface area contributed by atoms with Gasteiger partial charge in [0.25, 0.3) is 5.91 Å². The van der Waals surface area contributed by atoms with Crippen LogP contribution in [0, 0.1) is 6.92 Å². The lowest BCUT2D eigenvalue weighted by Crippen LogP contribution is -2.44. The van der Waals surface area contributed by atoms with Crippen molar-refractivity contribution < 1.29 is 19.5 Å². The number of carbonyl (C=O) groups is 3. The van der Waals surface area contributed by atoms with E-state index in [1.165, 1.54) is 0 Å². The average molecular weight is 262 g/mol. The Morgan fingerprint density at radius 1 is 1.26 bits per heavy atom. The molecule has 1 saturated heterocycles. The van der Waals surface area contributed by atoms with Crippen molar-refractivity contribution in [1.29, 1.82) is 0 Å². The van der Waals surface area contributed by atoms with Gasteiger partial charge >= 0.3 is 12.0 Å². The summed E-state index contributed by atoms with van der Waals surface area (Å²) in [5.74, 6) is -1.52. The number of aliphatic carboxylic acids is 1. The summed E-state index contributed by atoms with van der Waals surface area (Å²) < 4.78 is 0. The maximum absolute atomic E-state index is 12.0. The second-order valence-corrected chi connectivity index (χ2v) is 4.57. The minimum absolute atomic E-state index is 0.0168. The highest BCUT2D eigenvalue weighted by Gasteiger charge is 2.47. The highest BCUT2D eigenvalue weighted by Crippen LogP contribution is 2.30. The number of carbonyl (C=O) groups excluding carboxylic acids is 2. The Hall–Kier alpha value is -2.37. The molecule has 1 aliphatic rings. The summed E-state index contributed by atoms with van der Waals surface area (Å²) in [4.78, 5) is 34.1. The molecule has 0 unspecified atom stereocenters. The number of benzene rings is 1. The standard InChI is InChI=1S/C13H14N2O4/c1-8-2-4-9(5-3-8)13(7-6-10(16)17)11(18)14-12(19)15-13/h2-5H,6-7H2,1H3,(H,16,17)(H2,14,15,18,19)/t13-/m1/s1. The minimum atomic E-state index is -1.29. The predicted molar refractivity (Wildman–Crippen MR) is 66.4 cm³/mol. The van der Waals surface area contributed by atoms with Crippen molar-refractivity contribution >= 4 is 17.9 Å². The Labute approximate surface area is 109 Å². The fourth-order valence-electron chi connectivity index (χ4n) is 2.15. The number of rotatable bonds is 4. The molecule has 0 radical (unpaired) electrons. The molecule has 0 bridgehead atoms. The first-order valence-corrected chi connectivity index (χ1v) is 5.86. The van der Waals surface area contributed by atoms with Crippen molar-refractivity contribution in [3.8, 4) is 0 Å². The van der Waals surface area contributed by atoms with Crippen molar-refractivity contribution in [2.75, 3.05) is 0 Å². The van der Waals surface area contributed by atoms with Crippen molar-refractivity contribution in [2.24, 2.45) is 0 Å². The van der Waals surface area contributed by atoms with Crippen molar-refractivity contribution in [3.05, 3.63) is 35.4 Å². The van der Waals surface area contributed by atoms with E-state index in [-0.39, 0.29) is 12.8 Å². The number of carboxylic acids is 1. The molecule has 6 nitrogen and oxygen atoms in total. The molecule has 19 heavy (non-hydrogen) atoms. The number of hydrogen-bond acceptors (Lipinski definition) is 3. The zero-order valence-electron chi connectivity index (χ0n) is 10.4. The van der Waals surface area contributed by atoms with E-state index in [4.69, 9.17) is 5.11 Å². The zero-order valence-corrected chi connectivity index (χ0v) is 10.4. The number of nitrogens with one attached hydrogen (secondary N) is 2. The molecule has 1 aliphatic heterocycles. The fourth-order valence-corrected chi connectivity index (χ4v) is 2.15. The molecular formula is C13H14N2O4. The summed E-state index contributed by atoms with van der Waals surface area (Å²) in [6.45, 7) is 1.90. The van der Waals surface area contributed by atoms with Crippen LogP contribution in [0.3, 0.4) is 0 Å². The number of aryl methyl sites for hydroxylation is 1. The van der Waals surface area contributed by atoms with E-state index in [0.717, 1.165) is 5.56 Å². The van der Waals surface area contributed by atoms with Crippen LogP contribution in [0.5, 0.6) is 0 Å². The van der Waals surface area contributed by atoms with Gasteiger partial charge in [0, 0.05) is 6.42 Å². The number of urea groups is 1. The summed E-state index contributed by atoms with van der Waals surface area (Å²) >= 11 is 0. The van der Waals surface area contributed by atoms with Gasteiger partial charge < -0.3 is 10.4 Å². The Morgan fingerprint density at radius 2 is 1.89 bits per heavy atom. The van der Waals surface area contributed by atoms with Crippen LogP contribution >= 0.6 is 0 Å². The number of amides is 3. The van der Waals surface area contributed by atoms with Crippen LogP contribution in [0.4, 0.5) is 4.79 Å². The van der Waals surface area contributed by atoms with Gasteiger partial charge in [0.2, 0.25) is 0 Å². The molecule has 1 aromatic carbocycles. The monoisotopic (exact) mass is 262 g/mol. The molecule has 6 heteroatoms. The summed E-state index contributed by atoms with van der Waals surface area (Å²) in [6.07, 6.45) is -0.190. The molecule has 0 spiro atoms. The lowest BCUT2D eigenvalue weighted by atomic mass is 9.85. The number of hydrogen-bond donors (Lipinski definition) is 3. The summed E-state index contributed by atoms with van der Waals surface area (Å²) in [6, 6.07) is 6.48. The lowest BCUT2D eigenvalue weighted by molar-refractivity contribution is -0.137. The first-order chi connectivity index (χ1) is 8.94. The normalized spacial score (nSPS) is 21.9. The summed E-state index contributed by atoms with van der Waals surface area (Å²) in [5.41, 5.74) is 0.313. The van der Waals surface area contributed by atoms with Crippen molar-refractivity contribution in [1.82, 2.24) is 10.6 Å². The first kappa shape index (κ1) is 13.1. The van der Waals surface area contributed by atoms with Crippen LogP contribution in [-0.2, 0) is 15.1 Å². The van der Waals surface area contributed by atoms with E-state index in [1.807, 2.05) is 19.1 Å². The first-order valence-electron chi connectivity index (χ1n) is 5.86. The topological polar surface area (TPSA) is 95.5 Å². The second-order valence-electron chi connectivity index (χ2n) is 4.57. The Morgan fingerprint density at radius 3 is 2.37 bits per heavy atom. The van der Waals surface area contributed by atoms with E-state index in [2.05, 4.69) is 10.6 Å². The molecule has 1 heterocycles. The maximum Gasteiger partial charge on any atom is 0.322 e. The molecule has 1 fully saturated rings. The third kappa shape index (κ3) is 2.42. The minimum Gasteiger partial charge on any atom is -0.481 e. The van der Waals surface area contributed by atoms with E-state index >= 15 is 0 Å². The molecule has 100 valence electrons. The van der Waals surface area contributed by atoms with Crippen molar-refractivity contribution in [2.45, 2.75) is 25.3 Å². The third-order valence-electron chi connectivity index (χ3n) is 3.20. The van der Waals surface area contributed by atoms with Crippen LogP contribution in [0.15, 0.2) is 24.3 Å². The third-order valence-corrected chi connectivity index (χ3v) is 3.20. The molecule has 3 N–H and O–H groups in total. The van der Waals surface area contributed by atoms with Gasteiger partial charge in [-0.25, -0.2) is 4.79 Å². The number of carboxylic acid groups (broad SMARTS) is 1. The van der Waals surface area contributed by atoms with Gasteiger partial charge in [-0.3, -0.25) is 14.9 Å². The SMILES string of the molecule is Cc1ccc([C@@]2(CCC(=O)O)NC(=O)NC2=O)cc1. The quantitative estimate of drug-likeness (QED) is 0.702. The van der Waals surface area contributed by atoms with Gasteiger partial charge in [0.1, 0.15) is 5.54 Å². The van der Waals surface area contributed by atoms with Crippen LogP contribution in [0.25, 0.3) is 0 Å². The van der Waals surface area contributed by atoms with Crippen molar-refractivity contribution in [3.63, 3.8) is 0 Å². The predicted octanol–water partition coefficient (Wildman–Crippen LogP) is 0.895. The fraction of sp³-hybridized carbons (Fsp3) is 0.308. The molecule has 0 aliphatic carbocycles. The molecular weight excluding hydrogens is 248 g/mol. The largest absolute Gasteiger partial charge is 0.481 e. The van der Waals surface area contributed by atoms with Gasteiger partial charge in [0.15, 0.2) is 0 Å². The molecule has 0 aromatic heterocycles. The van der Waals surface area contributed by atoms with Gasteiger partial charge in [-0.2, -0.15) is 0 Å². The van der Waals surface area contributed by atoms with E-state index < -0.39 is 23.4 Å². The molecule has 1 atom stereocenters. The Bertz CT molecular complexity index is 538. The van der Waals surface area contributed by atoms with Crippen LogP contribution in [0.2, 0.25) is 0 Å². The van der Waals surface area contributed by atoms with Gasteiger partial charge in [-0.05, 0) is 18.9 Å². The maximum atomic E-state index is 12.0.